The second-order valence-corrected chi connectivity index (χ2v) is 12.5. The number of nitrogens with zero attached hydrogens (tertiary/aromatic N) is 2. The molecule has 5 aliphatic carbocycles. The van der Waals surface area contributed by atoms with Crippen LogP contribution in [0.1, 0.15) is 45.4 Å². The molecule has 0 aromatic heterocycles. The van der Waals surface area contributed by atoms with Crippen molar-refractivity contribution >= 4 is 41.8 Å². The highest BCUT2D eigenvalue weighted by molar-refractivity contribution is 7.80. The third-order valence-electron chi connectivity index (χ3n) is 9.95. The van der Waals surface area contributed by atoms with Crippen molar-refractivity contribution in [3.8, 4) is 0 Å². The SMILES string of the molecule is CC1C(CCC(=O)/C(=N\O)C2=CCC(N)C3CC23)C(=O)C1/C(C(=O)O)=C(/C=C1\CCN(C2=CC=C3CC32)C1=O)CS. The summed E-state index contributed by atoms with van der Waals surface area (Å²) >= 11 is 4.37. The molecular formula is C31H35N3O6S. The lowest BCUT2D eigenvalue weighted by Crippen LogP contribution is -2.49. The second kappa shape index (κ2) is 10.5. The first kappa shape index (κ1) is 27.9. The molecule has 3 saturated carbocycles. The van der Waals surface area contributed by atoms with Crippen LogP contribution < -0.4 is 5.73 Å². The maximum absolute atomic E-state index is 13.3. The zero-order valence-electron chi connectivity index (χ0n) is 23.0. The van der Waals surface area contributed by atoms with Crippen LogP contribution in [0, 0.1) is 35.5 Å². The third kappa shape index (κ3) is 4.74. The summed E-state index contributed by atoms with van der Waals surface area (Å²) in [6.45, 7) is 2.37. The van der Waals surface area contributed by atoms with E-state index in [0.29, 0.717) is 42.4 Å². The highest BCUT2D eigenvalue weighted by atomic mass is 32.1. The Morgan fingerprint density at radius 1 is 1.27 bits per heavy atom. The van der Waals surface area contributed by atoms with Crippen LogP contribution in [0.2, 0.25) is 0 Å². The smallest absolute Gasteiger partial charge is 0.332 e. The summed E-state index contributed by atoms with van der Waals surface area (Å²) in [7, 11) is 0. The Balaban J connectivity index is 1.13. The first-order valence-corrected chi connectivity index (χ1v) is 15.0. The Morgan fingerprint density at radius 2 is 2.05 bits per heavy atom. The number of oxime groups is 1. The molecule has 41 heavy (non-hydrogen) atoms. The largest absolute Gasteiger partial charge is 0.478 e. The van der Waals surface area contributed by atoms with Gasteiger partial charge < -0.3 is 20.9 Å². The minimum atomic E-state index is -1.20. The Morgan fingerprint density at radius 3 is 2.66 bits per heavy atom. The molecule has 7 atom stereocenters. The number of hydrogen-bond donors (Lipinski definition) is 4. The number of allylic oxidation sites excluding steroid dienone is 5. The van der Waals surface area contributed by atoms with Crippen LogP contribution in [0.3, 0.4) is 0 Å². The van der Waals surface area contributed by atoms with E-state index in [1.807, 2.05) is 19.1 Å². The maximum Gasteiger partial charge on any atom is 0.332 e. The number of hydrogen-bond acceptors (Lipinski definition) is 8. The Kier molecular flexibility index (Phi) is 7.18. The summed E-state index contributed by atoms with van der Waals surface area (Å²) in [6, 6.07) is 0.0668. The van der Waals surface area contributed by atoms with Crippen LogP contribution in [0.4, 0.5) is 0 Å². The molecule has 4 fully saturated rings. The quantitative estimate of drug-likeness (QED) is 0.102. The molecular weight excluding hydrogens is 542 g/mol. The average Bonchev–Trinajstić information content (AvgIpc) is 3.85. The summed E-state index contributed by atoms with van der Waals surface area (Å²) < 4.78 is 0. The highest BCUT2D eigenvalue weighted by Gasteiger charge is 2.51. The van der Waals surface area contributed by atoms with Gasteiger partial charge in [0.05, 0.1) is 11.5 Å². The molecule has 9 nitrogen and oxygen atoms in total. The number of carbonyl (C=O) groups is 4. The van der Waals surface area contributed by atoms with Crippen LogP contribution in [0.5, 0.6) is 0 Å². The zero-order valence-corrected chi connectivity index (χ0v) is 23.8. The molecule has 4 N–H and O–H groups in total. The van der Waals surface area contributed by atoms with E-state index in [2.05, 4.69) is 23.9 Å². The topological polar surface area (TPSA) is 150 Å². The first-order chi connectivity index (χ1) is 19.7. The predicted molar refractivity (Wildman–Crippen MR) is 154 cm³/mol. The van der Waals surface area contributed by atoms with Gasteiger partial charge in [0.2, 0.25) is 0 Å². The van der Waals surface area contributed by atoms with E-state index in [1.54, 1.807) is 11.0 Å². The molecule has 0 aromatic carbocycles. The second-order valence-electron chi connectivity index (χ2n) is 12.2. The van der Waals surface area contributed by atoms with Crippen LogP contribution in [0.15, 0.2) is 63.0 Å². The number of likely N-dealkylation sites (tertiary alicyclic amines) is 1. The van der Waals surface area contributed by atoms with Gasteiger partial charge in [-0.2, -0.15) is 12.6 Å². The van der Waals surface area contributed by atoms with E-state index in [-0.39, 0.29) is 65.2 Å². The van der Waals surface area contributed by atoms with Crippen LogP contribution >= 0.6 is 12.6 Å². The van der Waals surface area contributed by atoms with Gasteiger partial charge in [0.1, 0.15) is 11.5 Å². The van der Waals surface area contributed by atoms with E-state index >= 15 is 0 Å². The van der Waals surface area contributed by atoms with Crippen molar-refractivity contribution in [2.24, 2.45) is 46.4 Å². The lowest BCUT2D eigenvalue weighted by molar-refractivity contribution is -0.145. The number of carboxylic acids is 1. The molecule has 0 radical (unpaired) electrons. The average molecular weight is 578 g/mol. The number of Topliss-reactive ketones (excluding diaryl/α,β-unsaturated/α-hetero) is 2. The van der Waals surface area contributed by atoms with Crippen molar-refractivity contribution in [2.45, 2.75) is 51.5 Å². The van der Waals surface area contributed by atoms with Gasteiger partial charge >= 0.3 is 5.97 Å². The van der Waals surface area contributed by atoms with E-state index in [1.165, 1.54) is 5.57 Å². The standard InChI is InChI=1S/C31H35N3O6S/c1-14-18(4-7-25(35)28(33-40)19-3-5-23(32)22-12-21(19)22)29(36)26(14)27(31(38)39)17(13-41)10-16-8-9-34(30(16)37)24-6-2-15-11-20(15)24/h2-3,6,10,14,18,20-23,26,40-41H,4-5,7-9,11-13,32H2,1H3,(H,38,39)/b16-10+,27-17+,33-28-. The van der Waals surface area contributed by atoms with Gasteiger partial charge in [-0.1, -0.05) is 29.8 Å². The van der Waals surface area contributed by atoms with Gasteiger partial charge in [0, 0.05) is 47.9 Å². The van der Waals surface area contributed by atoms with Gasteiger partial charge in [0.25, 0.3) is 5.91 Å². The molecule has 1 amide bonds. The fourth-order valence-corrected chi connectivity index (χ4v) is 7.65. The minimum absolute atomic E-state index is 0.0221. The van der Waals surface area contributed by atoms with Crippen molar-refractivity contribution in [3.05, 3.63) is 57.9 Å². The first-order valence-electron chi connectivity index (χ1n) is 14.4. The number of amides is 1. The number of fused-ring (bicyclic) bond motifs is 2. The number of ketones is 2. The van der Waals surface area contributed by atoms with Gasteiger partial charge in [-0.15, -0.1) is 0 Å². The van der Waals surface area contributed by atoms with Gasteiger partial charge in [-0.25, -0.2) is 4.79 Å². The van der Waals surface area contributed by atoms with Gasteiger partial charge in [-0.3, -0.25) is 14.4 Å². The maximum atomic E-state index is 13.3. The van der Waals surface area contributed by atoms with E-state index in [0.717, 1.165) is 24.1 Å². The molecule has 0 bridgehead atoms. The zero-order chi connectivity index (χ0) is 29.2. The number of carboxylic acid groups (broad SMARTS) is 1. The highest BCUT2D eigenvalue weighted by Crippen LogP contribution is 2.51. The fourth-order valence-electron chi connectivity index (χ4n) is 7.38. The summed E-state index contributed by atoms with van der Waals surface area (Å²) in [6.07, 6.45) is 10.8. The summed E-state index contributed by atoms with van der Waals surface area (Å²) in [5, 5.41) is 23.1. The monoisotopic (exact) mass is 577 g/mol. The number of aliphatic carboxylic acids is 1. The molecule has 6 aliphatic rings. The lowest BCUT2D eigenvalue weighted by atomic mass is 9.59. The fraction of sp³-hybridized carbons (Fsp3) is 0.516. The molecule has 1 heterocycles. The predicted octanol–water partition coefficient (Wildman–Crippen LogP) is 3.22. The summed E-state index contributed by atoms with van der Waals surface area (Å²) in [4.78, 5) is 53.7. The number of rotatable bonds is 10. The Labute approximate surface area is 244 Å². The van der Waals surface area contributed by atoms with Crippen LogP contribution in [-0.4, -0.2) is 62.7 Å². The van der Waals surface area contributed by atoms with E-state index < -0.39 is 17.8 Å². The number of thiol groups is 1. The van der Waals surface area contributed by atoms with Crippen molar-refractivity contribution in [3.63, 3.8) is 0 Å². The normalized spacial score (nSPS) is 35.2. The Bertz CT molecular complexity index is 1430. The summed E-state index contributed by atoms with van der Waals surface area (Å²) in [5.74, 6) is -2.61. The van der Waals surface area contributed by atoms with Crippen molar-refractivity contribution in [2.75, 3.05) is 12.3 Å². The minimum Gasteiger partial charge on any atom is -0.478 e. The molecule has 6 rings (SSSR count). The molecule has 0 aromatic rings. The lowest BCUT2D eigenvalue weighted by Gasteiger charge is -2.42. The molecule has 0 spiro atoms. The third-order valence-corrected chi connectivity index (χ3v) is 10.3. The van der Waals surface area contributed by atoms with Gasteiger partial charge in [0.15, 0.2) is 5.78 Å². The van der Waals surface area contributed by atoms with Gasteiger partial charge in [-0.05, 0) is 73.2 Å². The van der Waals surface area contributed by atoms with Crippen molar-refractivity contribution < 1.29 is 29.5 Å². The number of nitrogens with two attached hydrogens (primary N) is 1. The molecule has 1 saturated heterocycles. The van der Waals surface area contributed by atoms with E-state index in [4.69, 9.17) is 5.73 Å². The Hall–Kier alpha value is -3.24. The molecule has 1 aliphatic heterocycles. The molecule has 216 valence electrons. The number of carbonyl (C=O) groups excluding carboxylic acids is 3. The summed E-state index contributed by atoms with van der Waals surface area (Å²) in [5.41, 5.74) is 10.1. The molecule has 10 heteroatoms. The van der Waals surface area contributed by atoms with E-state index in [9.17, 15) is 29.5 Å². The van der Waals surface area contributed by atoms with Crippen LogP contribution in [0.25, 0.3) is 0 Å². The van der Waals surface area contributed by atoms with Crippen molar-refractivity contribution in [1.29, 1.82) is 0 Å². The van der Waals surface area contributed by atoms with Crippen LogP contribution in [-0.2, 0) is 19.2 Å². The molecule has 7 unspecified atom stereocenters. The van der Waals surface area contributed by atoms with Crippen molar-refractivity contribution in [1.82, 2.24) is 4.90 Å².